The maximum atomic E-state index is 13.5. The van der Waals surface area contributed by atoms with Gasteiger partial charge in [0, 0.05) is 17.8 Å². The molecule has 2 aromatic rings. The lowest BCUT2D eigenvalue weighted by Crippen LogP contribution is -2.49. The molecule has 0 radical (unpaired) electrons. The Balaban J connectivity index is 2.01. The van der Waals surface area contributed by atoms with Gasteiger partial charge in [0.25, 0.3) is 5.91 Å². The van der Waals surface area contributed by atoms with Gasteiger partial charge >= 0.3 is 0 Å². The van der Waals surface area contributed by atoms with Crippen molar-refractivity contribution in [2.45, 2.75) is 30.6 Å². The molecule has 2 amide bonds. The van der Waals surface area contributed by atoms with E-state index in [0.717, 1.165) is 18.3 Å². The van der Waals surface area contributed by atoms with Crippen molar-refractivity contribution in [3.63, 3.8) is 0 Å². The summed E-state index contributed by atoms with van der Waals surface area (Å²) in [5.74, 6) is -1.07. The lowest BCUT2D eigenvalue weighted by molar-refractivity contribution is -0.125. The van der Waals surface area contributed by atoms with Gasteiger partial charge in [-0.25, -0.2) is 13.3 Å². The lowest BCUT2D eigenvalue weighted by atomic mass is 10.2. The zero-order chi connectivity index (χ0) is 22.8. The third-order valence-corrected chi connectivity index (χ3v) is 7.65. The fraction of sp³-hybridized carbons (Fsp3) is 0.333. The number of carbonyl (C=O) groups excluding carboxylic acids is 2. The highest BCUT2D eigenvalue weighted by molar-refractivity contribution is 14.1. The molecular formula is C21H23IN2O6S. The van der Waals surface area contributed by atoms with Crippen LogP contribution in [0.1, 0.15) is 12.0 Å². The van der Waals surface area contributed by atoms with Crippen LogP contribution in [0.5, 0.6) is 0 Å². The Bertz CT molecular complexity index is 1050. The molecule has 8 nitrogen and oxygen atoms in total. The second-order valence-corrected chi connectivity index (χ2v) is 10.2. The first-order valence-electron chi connectivity index (χ1n) is 9.45. The zero-order valence-corrected chi connectivity index (χ0v) is 20.3. The standard InChI is InChI=1S/C21H23IN2O6S/c1-14-4-10-17(11-5-14)31(27,28)23(13-20(29-2)30-3)18-12-19(25)24(21(18)26)16-8-6-15(22)7-9-16/h4-11,18,20H,12-13H2,1-3H3. The average molecular weight is 558 g/mol. The molecule has 2 aromatic carbocycles. The first-order valence-corrected chi connectivity index (χ1v) is 12.0. The number of amides is 2. The van der Waals surface area contributed by atoms with Gasteiger partial charge in [0.15, 0.2) is 6.29 Å². The van der Waals surface area contributed by atoms with Crippen molar-refractivity contribution < 1.29 is 27.5 Å². The second-order valence-electron chi connectivity index (χ2n) is 7.05. The third-order valence-electron chi connectivity index (χ3n) is 5.04. The number of halogens is 1. The van der Waals surface area contributed by atoms with Crippen molar-refractivity contribution in [1.29, 1.82) is 0 Å². The van der Waals surface area contributed by atoms with E-state index >= 15 is 0 Å². The van der Waals surface area contributed by atoms with Crippen LogP contribution in [0.25, 0.3) is 0 Å². The number of hydrogen-bond donors (Lipinski definition) is 0. The number of rotatable bonds is 8. The summed E-state index contributed by atoms with van der Waals surface area (Å²) in [6.45, 7) is 1.60. The van der Waals surface area contributed by atoms with Crippen LogP contribution in [0.4, 0.5) is 5.69 Å². The number of carbonyl (C=O) groups is 2. The molecule has 0 spiro atoms. The minimum Gasteiger partial charge on any atom is -0.354 e. The molecule has 0 bridgehead atoms. The van der Waals surface area contributed by atoms with Gasteiger partial charge in [0.2, 0.25) is 15.9 Å². The Kier molecular flexibility index (Phi) is 7.47. The molecule has 1 aliphatic heterocycles. The quantitative estimate of drug-likeness (QED) is 0.281. The largest absolute Gasteiger partial charge is 0.354 e. The summed E-state index contributed by atoms with van der Waals surface area (Å²) >= 11 is 2.12. The Morgan fingerprint density at radius 3 is 2.19 bits per heavy atom. The smallest absolute Gasteiger partial charge is 0.252 e. The molecule has 1 saturated heterocycles. The van der Waals surface area contributed by atoms with Gasteiger partial charge in [0.1, 0.15) is 6.04 Å². The van der Waals surface area contributed by atoms with Crippen LogP contribution < -0.4 is 4.90 Å². The Morgan fingerprint density at radius 2 is 1.65 bits per heavy atom. The second kappa shape index (κ2) is 9.74. The van der Waals surface area contributed by atoms with Gasteiger partial charge < -0.3 is 9.47 Å². The van der Waals surface area contributed by atoms with Crippen LogP contribution in [0.15, 0.2) is 53.4 Å². The van der Waals surface area contributed by atoms with E-state index in [9.17, 15) is 18.0 Å². The van der Waals surface area contributed by atoms with E-state index in [1.54, 1.807) is 36.4 Å². The molecule has 1 aliphatic rings. The van der Waals surface area contributed by atoms with Crippen LogP contribution in [0.2, 0.25) is 0 Å². The minimum atomic E-state index is -4.11. The molecule has 0 saturated carbocycles. The van der Waals surface area contributed by atoms with Crippen molar-refractivity contribution in [1.82, 2.24) is 4.31 Å². The highest BCUT2D eigenvalue weighted by atomic mass is 127. The molecule has 1 atom stereocenters. The summed E-state index contributed by atoms with van der Waals surface area (Å²) in [5, 5.41) is 0. The van der Waals surface area contributed by atoms with Gasteiger partial charge in [-0.05, 0) is 65.9 Å². The maximum absolute atomic E-state index is 13.5. The van der Waals surface area contributed by atoms with Gasteiger partial charge in [-0.3, -0.25) is 9.59 Å². The zero-order valence-electron chi connectivity index (χ0n) is 17.3. The predicted octanol–water partition coefficient (Wildman–Crippen LogP) is 2.54. The van der Waals surface area contributed by atoms with Crippen LogP contribution in [0.3, 0.4) is 0 Å². The van der Waals surface area contributed by atoms with Crippen molar-refractivity contribution in [2.75, 3.05) is 25.7 Å². The van der Waals surface area contributed by atoms with E-state index in [0.29, 0.717) is 5.69 Å². The Morgan fingerprint density at radius 1 is 1.06 bits per heavy atom. The van der Waals surface area contributed by atoms with Crippen molar-refractivity contribution in [3.8, 4) is 0 Å². The van der Waals surface area contributed by atoms with Gasteiger partial charge in [-0.1, -0.05) is 17.7 Å². The van der Waals surface area contributed by atoms with E-state index < -0.39 is 34.2 Å². The van der Waals surface area contributed by atoms with Crippen LogP contribution in [-0.4, -0.2) is 57.6 Å². The molecule has 166 valence electrons. The van der Waals surface area contributed by atoms with Crippen molar-refractivity contribution >= 4 is 50.1 Å². The number of imide groups is 1. The highest BCUT2D eigenvalue weighted by Gasteiger charge is 2.47. The highest BCUT2D eigenvalue weighted by Crippen LogP contribution is 2.30. The van der Waals surface area contributed by atoms with Crippen LogP contribution in [-0.2, 0) is 29.1 Å². The van der Waals surface area contributed by atoms with Crippen molar-refractivity contribution in [2.24, 2.45) is 0 Å². The molecule has 0 N–H and O–H groups in total. The average Bonchev–Trinajstić information content (AvgIpc) is 3.03. The van der Waals surface area contributed by atoms with E-state index in [-0.39, 0.29) is 17.9 Å². The first kappa shape index (κ1) is 23.8. The Labute approximate surface area is 195 Å². The minimum absolute atomic E-state index is 0.0250. The summed E-state index contributed by atoms with van der Waals surface area (Å²) in [4.78, 5) is 27.0. The van der Waals surface area contributed by atoms with E-state index in [1.165, 1.54) is 26.4 Å². The number of anilines is 1. The summed E-state index contributed by atoms with van der Waals surface area (Å²) in [6, 6.07) is 12.0. The molecule has 0 aromatic heterocycles. The number of ether oxygens (including phenoxy) is 2. The molecule has 10 heteroatoms. The van der Waals surface area contributed by atoms with Gasteiger partial charge in [-0.2, -0.15) is 4.31 Å². The number of sulfonamides is 1. The van der Waals surface area contributed by atoms with Crippen molar-refractivity contribution in [3.05, 3.63) is 57.7 Å². The number of benzene rings is 2. The van der Waals surface area contributed by atoms with E-state index in [2.05, 4.69) is 22.6 Å². The summed E-state index contributed by atoms with van der Waals surface area (Å²) < 4.78 is 39.3. The number of aryl methyl sites for hydroxylation is 1. The summed E-state index contributed by atoms with van der Waals surface area (Å²) in [6.07, 6.45) is -1.17. The fourth-order valence-electron chi connectivity index (χ4n) is 3.33. The summed E-state index contributed by atoms with van der Waals surface area (Å²) in [7, 11) is -1.35. The molecule has 1 fully saturated rings. The molecule has 1 heterocycles. The fourth-order valence-corrected chi connectivity index (χ4v) is 5.26. The SMILES string of the molecule is COC(CN(C1CC(=O)N(c2ccc(I)cc2)C1=O)S(=O)(=O)c1ccc(C)cc1)OC. The molecular weight excluding hydrogens is 535 g/mol. The topological polar surface area (TPSA) is 93.2 Å². The van der Waals surface area contributed by atoms with Crippen LogP contribution in [0, 0.1) is 10.5 Å². The third kappa shape index (κ3) is 4.98. The number of hydrogen-bond acceptors (Lipinski definition) is 6. The molecule has 0 aliphatic carbocycles. The normalized spacial score (nSPS) is 17.2. The van der Waals surface area contributed by atoms with Gasteiger partial charge in [-0.15, -0.1) is 0 Å². The summed E-state index contributed by atoms with van der Waals surface area (Å²) in [5.41, 5.74) is 1.30. The lowest BCUT2D eigenvalue weighted by Gasteiger charge is -2.29. The monoisotopic (exact) mass is 558 g/mol. The van der Waals surface area contributed by atoms with E-state index in [4.69, 9.17) is 9.47 Å². The molecule has 3 rings (SSSR count). The number of nitrogens with zero attached hydrogens (tertiary/aromatic N) is 2. The van der Waals surface area contributed by atoms with Gasteiger partial charge in [0.05, 0.1) is 23.5 Å². The first-order chi connectivity index (χ1) is 14.7. The molecule has 1 unspecified atom stereocenters. The van der Waals surface area contributed by atoms with E-state index in [1.807, 2.05) is 6.92 Å². The predicted molar refractivity (Wildman–Crippen MR) is 123 cm³/mol. The number of methoxy groups -OCH3 is 2. The molecule has 31 heavy (non-hydrogen) atoms. The maximum Gasteiger partial charge on any atom is 0.252 e. The Hall–Kier alpha value is -1.86. The van der Waals surface area contributed by atoms with Crippen LogP contribution >= 0.6 is 22.6 Å².